The van der Waals surface area contributed by atoms with E-state index in [0.29, 0.717) is 33.5 Å². The van der Waals surface area contributed by atoms with Crippen molar-refractivity contribution in [2.24, 2.45) is 0 Å². The number of pyridine rings is 1. The first-order chi connectivity index (χ1) is 17.9. The fraction of sp³-hybridized carbons (Fsp3) is 0.0357. The predicted octanol–water partition coefficient (Wildman–Crippen LogP) is 5.96. The number of urea groups is 1. The van der Waals surface area contributed by atoms with Crippen LogP contribution < -0.4 is 15.4 Å². The van der Waals surface area contributed by atoms with E-state index in [9.17, 15) is 19.1 Å². The van der Waals surface area contributed by atoms with Gasteiger partial charge in [-0.2, -0.15) is 0 Å². The van der Waals surface area contributed by atoms with Gasteiger partial charge < -0.3 is 25.5 Å². The number of rotatable bonds is 6. The summed E-state index contributed by atoms with van der Waals surface area (Å²) in [5.41, 5.74) is 3.63. The summed E-state index contributed by atoms with van der Waals surface area (Å²) in [6, 6.07) is 18.4. The van der Waals surface area contributed by atoms with E-state index in [2.05, 4.69) is 20.6 Å². The normalized spacial score (nSPS) is 10.8. The Labute approximate surface area is 210 Å². The molecule has 0 atom stereocenters. The third kappa shape index (κ3) is 4.96. The molecule has 4 N–H and O–H groups in total. The van der Waals surface area contributed by atoms with Crippen LogP contribution in [-0.4, -0.2) is 34.0 Å². The third-order valence-electron chi connectivity index (χ3n) is 5.77. The molecule has 0 aliphatic rings. The largest absolute Gasteiger partial charge is 0.504 e. The molecule has 37 heavy (non-hydrogen) atoms. The molecule has 0 aliphatic carbocycles. The number of ether oxygens (including phenoxy) is 1. The summed E-state index contributed by atoms with van der Waals surface area (Å²) in [4.78, 5) is 33.3. The van der Waals surface area contributed by atoms with Crippen LogP contribution in [0, 0.1) is 5.82 Å². The summed E-state index contributed by atoms with van der Waals surface area (Å²) in [6.45, 7) is 0. The minimum absolute atomic E-state index is 0.108. The van der Waals surface area contributed by atoms with E-state index < -0.39 is 6.03 Å². The molecule has 184 valence electrons. The second-order valence-corrected chi connectivity index (χ2v) is 8.21. The van der Waals surface area contributed by atoms with Crippen molar-refractivity contribution in [1.29, 1.82) is 0 Å². The molecule has 0 saturated carbocycles. The smallest absolute Gasteiger partial charge is 0.323 e. The summed E-state index contributed by atoms with van der Waals surface area (Å²) in [7, 11) is 1.43. The maximum absolute atomic E-state index is 13.4. The lowest BCUT2D eigenvalue weighted by molar-refractivity contribution is 0.104. The van der Waals surface area contributed by atoms with Crippen LogP contribution in [0.2, 0.25) is 0 Å². The number of anilines is 2. The van der Waals surface area contributed by atoms with Crippen molar-refractivity contribution in [2.75, 3.05) is 17.7 Å². The van der Waals surface area contributed by atoms with E-state index >= 15 is 0 Å². The number of benzene rings is 3. The van der Waals surface area contributed by atoms with Crippen LogP contribution in [0.3, 0.4) is 0 Å². The van der Waals surface area contributed by atoms with Crippen LogP contribution in [-0.2, 0) is 0 Å². The molecule has 8 nitrogen and oxygen atoms in total. The zero-order chi connectivity index (χ0) is 25.9. The lowest BCUT2D eigenvalue weighted by Gasteiger charge is -2.10. The minimum Gasteiger partial charge on any atom is -0.504 e. The maximum Gasteiger partial charge on any atom is 0.323 e. The highest BCUT2D eigenvalue weighted by atomic mass is 19.1. The number of nitrogens with one attached hydrogen (secondary N) is 3. The van der Waals surface area contributed by atoms with Crippen molar-refractivity contribution in [3.63, 3.8) is 0 Å². The number of carbonyl (C=O) groups is 2. The van der Waals surface area contributed by atoms with Gasteiger partial charge in [-0.05, 0) is 48.0 Å². The van der Waals surface area contributed by atoms with Gasteiger partial charge in [0.1, 0.15) is 11.5 Å². The maximum atomic E-state index is 13.4. The Morgan fingerprint density at radius 1 is 0.946 bits per heavy atom. The van der Waals surface area contributed by atoms with E-state index in [4.69, 9.17) is 4.74 Å². The molecule has 2 heterocycles. The summed E-state index contributed by atoms with van der Waals surface area (Å²) >= 11 is 0. The number of phenolic OH excluding ortho intramolecular Hbond substituents is 1. The molecule has 0 bridgehead atoms. The van der Waals surface area contributed by atoms with Crippen LogP contribution in [0.25, 0.3) is 22.2 Å². The first-order valence-corrected chi connectivity index (χ1v) is 11.2. The molecule has 5 rings (SSSR count). The fourth-order valence-corrected chi connectivity index (χ4v) is 3.95. The molecule has 0 radical (unpaired) electrons. The number of carbonyl (C=O) groups excluding carboxylic acids is 2. The number of amides is 2. The highest BCUT2D eigenvalue weighted by Gasteiger charge is 2.17. The van der Waals surface area contributed by atoms with E-state index in [1.165, 1.54) is 31.4 Å². The van der Waals surface area contributed by atoms with Crippen LogP contribution >= 0.6 is 0 Å². The van der Waals surface area contributed by atoms with Gasteiger partial charge in [0.15, 0.2) is 17.3 Å². The number of halogens is 1. The highest BCUT2D eigenvalue weighted by Crippen LogP contribution is 2.29. The quantitative estimate of drug-likeness (QED) is 0.217. The number of phenols is 1. The summed E-state index contributed by atoms with van der Waals surface area (Å²) in [5, 5.41) is 15.8. The van der Waals surface area contributed by atoms with Crippen molar-refractivity contribution in [3.05, 3.63) is 102 Å². The lowest BCUT2D eigenvalue weighted by atomic mass is 10.0. The van der Waals surface area contributed by atoms with Gasteiger partial charge >= 0.3 is 6.03 Å². The molecule has 2 aromatic heterocycles. The molecule has 9 heteroatoms. The number of H-pyrrole nitrogens is 1. The average Bonchev–Trinajstić information content (AvgIpc) is 3.32. The molecule has 0 spiro atoms. The third-order valence-corrected chi connectivity index (χ3v) is 5.77. The Bertz CT molecular complexity index is 1630. The Morgan fingerprint density at radius 2 is 1.70 bits per heavy atom. The van der Waals surface area contributed by atoms with Crippen LogP contribution in [0.1, 0.15) is 15.9 Å². The molecular formula is C28H21FN4O4. The van der Waals surface area contributed by atoms with Crippen LogP contribution in [0.15, 0.2) is 85.2 Å². The Morgan fingerprint density at radius 3 is 2.43 bits per heavy atom. The van der Waals surface area contributed by atoms with Gasteiger partial charge in [0.05, 0.1) is 7.11 Å². The Balaban J connectivity index is 1.36. The zero-order valence-corrected chi connectivity index (χ0v) is 19.6. The number of hydrogen-bond acceptors (Lipinski definition) is 5. The molecule has 0 fully saturated rings. The van der Waals surface area contributed by atoms with Crippen LogP contribution in [0.5, 0.6) is 11.5 Å². The molecule has 5 aromatic rings. The molecule has 0 aliphatic heterocycles. The number of aromatic amines is 1. The second kappa shape index (κ2) is 9.82. The van der Waals surface area contributed by atoms with Crippen molar-refractivity contribution < 1.29 is 23.8 Å². The van der Waals surface area contributed by atoms with E-state index in [-0.39, 0.29) is 23.1 Å². The molecule has 2 amide bonds. The van der Waals surface area contributed by atoms with Crippen molar-refractivity contribution >= 4 is 34.2 Å². The monoisotopic (exact) mass is 496 g/mol. The van der Waals surface area contributed by atoms with Gasteiger partial charge in [0.2, 0.25) is 0 Å². The van der Waals surface area contributed by atoms with E-state index in [1.807, 2.05) is 6.07 Å². The number of fused-ring (bicyclic) bond motifs is 1. The zero-order valence-electron chi connectivity index (χ0n) is 19.6. The van der Waals surface area contributed by atoms with Gasteiger partial charge in [-0.15, -0.1) is 0 Å². The minimum atomic E-state index is -0.547. The van der Waals surface area contributed by atoms with E-state index in [1.54, 1.807) is 54.9 Å². The SMILES string of the molecule is COc1ccc(NC(=O)Nc2cccc(C(=O)c3c[nH]c4ncc(-c5ccc(F)cc5)cc34)c2)cc1O. The van der Waals surface area contributed by atoms with Gasteiger partial charge in [-0.3, -0.25) is 4.79 Å². The Hall–Kier alpha value is -5.18. The molecule has 0 saturated heterocycles. The fourth-order valence-electron chi connectivity index (χ4n) is 3.95. The van der Waals surface area contributed by atoms with Gasteiger partial charge in [0, 0.05) is 51.9 Å². The van der Waals surface area contributed by atoms with E-state index in [0.717, 1.165) is 11.1 Å². The number of ketones is 1. The number of nitrogens with zero attached hydrogens (tertiary/aromatic N) is 1. The molecule has 3 aromatic carbocycles. The number of aromatic hydroxyl groups is 1. The lowest BCUT2D eigenvalue weighted by Crippen LogP contribution is -2.19. The van der Waals surface area contributed by atoms with Gasteiger partial charge in [-0.25, -0.2) is 14.2 Å². The molecular weight excluding hydrogens is 475 g/mol. The van der Waals surface area contributed by atoms with Crippen molar-refractivity contribution in [2.45, 2.75) is 0 Å². The van der Waals surface area contributed by atoms with Crippen molar-refractivity contribution in [1.82, 2.24) is 9.97 Å². The number of hydrogen-bond donors (Lipinski definition) is 4. The summed E-state index contributed by atoms with van der Waals surface area (Å²) in [6.07, 6.45) is 3.25. The number of methoxy groups -OCH3 is 1. The summed E-state index contributed by atoms with van der Waals surface area (Å²) in [5.74, 6) is -0.411. The topological polar surface area (TPSA) is 116 Å². The first-order valence-electron chi connectivity index (χ1n) is 11.2. The highest BCUT2D eigenvalue weighted by molar-refractivity contribution is 6.16. The Kier molecular flexibility index (Phi) is 6.25. The first kappa shape index (κ1) is 23.6. The molecule has 0 unspecified atom stereocenters. The average molecular weight is 496 g/mol. The standard InChI is InChI=1S/C28H21FN4O4/c1-37-25-10-9-21(13-24(25)34)33-28(36)32-20-4-2-3-17(11-20)26(35)23-15-31-27-22(23)12-18(14-30-27)16-5-7-19(29)8-6-16/h2-15,34H,1H3,(H,30,31)(H2,32,33,36). The number of aromatic nitrogens is 2. The van der Waals surface area contributed by atoms with Crippen LogP contribution in [0.4, 0.5) is 20.6 Å². The van der Waals surface area contributed by atoms with Gasteiger partial charge in [0.25, 0.3) is 0 Å². The van der Waals surface area contributed by atoms with Gasteiger partial charge in [-0.1, -0.05) is 24.3 Å². The summed E-state index contributed by atoms with van der Waals surface area (Å²) < 4.78 is 18.3. The second-order valence-electron chi connectivity index (χ2n) is 8.21. The predicted molar refractivity (Wildman–Crippen MR) is 139 cm³/mol. The van der Waals surface area contributed by atoms with Crippen molar-refractivity contribution in [3.8, 4) is 22.6 Å².